The number of carboxylic acid groups (broad SMARTS) is 1. The van der Waals surface area contributed by atoms with E-state index in [4.69, 9.17) is 44.6 Å². The largest absolute Gasteiger partial charge is 1.00 e. The Balaban J connectivity index is 0. The van der Waals surface area contributed by atoms with E-state index < -0.39 is 5.97 Å². The molecule has 14 heteroatoms. The Bertz CT molecular complexity index is 1590. The molecule has 3 aromatic rings. The predicted octanol–water partition coefficient (Wildman–Crippen LogP) is 6.30. The van der Waals surface area contributed by atoms with Crippen LogP contribution >= 0.6 is 34.8 Å². The molecule has 0 aliphatic heterocycles. The maximum Gasteiger partial charge on any atom is 1.00 e. The van der Waals surface area contributed by atoms with Crippen LogP contribution in [0.1, 0.15) is 117 Å². The van der Waals surface area contributed by atoms with Gasteiger partial charge in [0.15, 0.2) is 0 Å². The number of hydrogen-bond acceptors (Lipinski definition) is 9. The fourth-order valence-electron chi connectivity index (χ4n) is 3.58. The first-order valence-electron chi connectivity index (χ1n) is 14.3. The van der Waals surface area contributed by atoms with Gasteiger partial charge in [0, 0.05) is 50.0 Å². The summed E-state index contributed by atoms with van der Waals surface area (Å²) in [4.78, 5) is 49.1. The maximum atomic E-state index is 11.6. The van der Waals surface area contributed by atoms with Crippen LogP contribution in [0.25, 0.3) is 0 Å². The third kappa shape index (κ3) is 13.2. The first kappa shape index (κ1) is 47.3. The molecule has 0 bridgehead atoms. The SMILES string of the molecule is COC(=O)c1cc(C(C)(C)C)nc(Cl)c1C.Cc1c(C(=O)O)cc(C(C)(C)C)nc1Cl.Cc1c(N=C=O)cc(C(C)(C)C)nc1Cl.[Li+].[OH-]. The van der Waals surface area contributed by atoms with Gasteiger partial charge in [0.25, 0.3) is 0 Å². The van der Waals surface area contributed by atoms with Crippen LogP contribution in [0.2, 0.25) is 15.5 Å². The van der Waals surface area contributed by atoms with Crippen LogP contribution < -0.4 is 18.9 Å². The number of aromatic nitrogens is 3. The number of esters is 1. The summed E-state index contributed by atoms with van der Waals surface area (Å²) in [6, 6.07) is 5.10. The molecule has 0 aliphatic rings. The summed E-state index contributed by atoms with van der Waals surface area (Å²) < 4.78 is 4.71. The van der Waals surface area contributed by atoms with E-state index >= 15 is 0 Å². The van der Waals surface area contributed by atoms with E-state index in [9.17, 15) is 14.4 Å². The number of nitrogens with zero attached hydrogens (tertiary/aromatic N) is 4. The smallest absolute Gasteiger partial charge is 0.870 e. The van der Waals surface area contributed by atoms with Crippen molar-refractivity contribution in [3.8, 4) is 0 Å². The molecule has 0 spiro atoms. The molecule has 0 atom stereocenters. The Morgan fingerprint density at radius 2 is 1.04 bits per heavy atom. The van der Waals surface area contributed by atoms with Gasteiger partial charge >= 0.3 is 30.8 Å². The molecular weight excluding hydrogens is 674 g/mol. The van der Waals surface area contributed by atoms with Crippen molar-refractivity contribution in [3.63, 3.8) is 0 Å². The summed E-state index contributed by atoms with van der Waals surface area (Å²) in [5, 5.41) is 10.00. The van der Waals surface area contributed by atoms with Gasteiger partial charge in [0.05, 0.1) is 23.9 Å². The van der Waals surface area contributed by atoms with Gasteiger partial charge in [0.2, 0.25) is 6.08 Å². The molecule has 2 N–H and O–H groups in total. The summed E-state index contributed by atoms with van der Waals surface area (Å²) in [6.45, 7) is 23.2. The Kier molecular flexibility index (Phi) is 18.6. The van der Waals surface area contributed by atoms with Crippen LogP contribution in [0.15, 0.2) is 23.2 Å². The molecule has 0 aliphatic carbocycles. The fraction of sp³-hybridized carbons (Fsp3) is 0.471. The number of ether oxygens (including phenoxy) is 1. The van der Waals surface area contributed by atoms with Gasteiger partial charge in [0.1, 0.15) is 15.5 Å². The molecule has 3 aromatic heterocycles. The molecule has 258 valence electrons. The van der Waals surface area contributed by atoms with Gasteiger partial charge in [-0.3, -0.25) is 0 Å². The third-order valence-corrected chi connectivity index (χ3v) is 7.82. The molecule has 0 fully saturated rings. The Morgan fingerprint density at radius 3 is 1.38 bits per heavy atom. The molecular formula is C34H44Cl3LiN4O6. The third-order valence-electron chi connectivity index (χ3n) is 6.72. The summed E-state index contributed by atoms with van der Waals surface area (Å²) in [5.41, 5.74) is 4.91. The Morgan fingerprint density at radius 1 is 0.708 bits per heavy atom. The van der Waals surface area contributed by atoms with E-state index in [1.54, 1.807) is 39.0 Å². The second-order valence-electron chi connectivity index (χ2n) is 13.6. The number of carbonyl (C=O) groups is 2. The molecule has 0 radical (unpaired) electrons. The summed E-state index contributed by atoms with van der Waals surface area (Å²) in [5.74, 6) is -1.35. The molecule has 0 saturated carbocycles. The van der Waals surface area contributed by atoms with Gasteiger partial charge in [-0.2, -0.15) is 4.99 Å². The van der Waals surface area contributed by atoms with E-state index in [2.05, 4.69) is 19.9 Å². The van der Waals surface area contributed by atoms with E-state index in [-0.39, 0.29) is 57.3 Å². The zero-order valence-corrected chi connectivity index (χ0v) is 32.5. The van der Waals surface area contributed by atoms with Crippen molar-refractivity contribution < 1.29 is 48.6 Å². The summed E-state index contributed by atoms with van der Waals surface area (Å²) in [6.07, 6.45) is 1.52. The number of aliphatic imine (C=N–C) groups is 1. The van der Waals surface area contributed by atoms with E-state index in [0.717, 1.165) is 11.4 Å². The molecule has 3 heterocycles. The maximum absolute atomic E-state index is 11.6. The second kappa shape index (κ2) is 18.8. The van der Waals surface area contributed by atoms with Gasteiger partial charge in [-0.1, -0.05) is 97.1 Å². The van der Waals surface area contributed by atoms with Crippen molar-refractivity contribution in [3.05, 3.63) is 78.6 Å². The molecule has 0 amide bonds. The van der Waals surface area contributed by atoms with Crippen molar-refractivity contribution in [2.45, 2.75) is 99.3 Å². The molecule has 48 heavy (non-hydrogen) atoms. The molecule has 0 unspecified atom stereocenters. The van der Waals surface area contributed by atoms with Crippen molar-refractivity contribution in [2.24, 2.45) is 4.99 Å². The average Bonchev–Trinajstić information content (AvgIpc) is 2.92. The minimum Gasteiger partial charge on any atom is -0.870 e. The standard InChI is InChI=1S/C12H16ClNO2.C11H13ClN2O.C11H14ClNO2.Li.H2O/c1-7-8(11(15)16-5)6-9(12(2,3)4)14-10(7)13;1-7-8(13-6-15)5-9(11(2,3)4)14-10(7)12;1-6-7(10(14)15)5-8(11(2,3)4)13-9(6)12;;/h6H,1-5H3;5H,1-4H3;5H,1-4H3,(H,14,15);;1H2/q;;;+1;/p-1. The predicted molar refractivity (Wildman–Crippen MR) is 186 cm³/mol. The minimum absolute atomic E-state index is 0. The number of carbonyl (C=O) groups excluding carboxylic acids is 2. The second-order valence-corrected chi connectivity index (χ2v) is 14.7. The van der Waals surface area contributed by atoms with Gasteiger partial charge in [-0.25, -0.2) is 29.3 Å². The van der Waals surface area contributed by atoms with Gasteiger partial charge in [-0.15, -0.1) is 0 Å². The number of rotatable bonds is 3. The number of carboxylic acids is 1. The summed E-state index contributed by atoms with van der Waals surface area (Å²) >= 11 is 17.9. The first-order valence-corrected chi connectivity index (χ1v) is 15.4. The van der Waals surface area contributed by atoms with Crippen LogP contribution in [0.3, 0.4) is 0 Å². The van der Waals surface area contributed by atoms with Crippen LogP contribution in [-0.2, 0) is 25.8 Å². The topological polar surface area (TPSA) is 162 Å². The number of aromatic carboxylic acids is 1. The molecule has 3 rings (SSSR count). The van der Waals surface area contributed by atoms with Crippen molar-refractivity contribution >= 4 is 58.5 Å². The Labute approximate surface area is 310 Å². The van der Waals surface area contributed by atoms with Crippen LogP contribution in [0, 0.1) is 20.8 Å². The zero-order valence-electron chi connectivity index (χ0n) is 30.2. The zero-order chi connectivity index (χ0) is 35.9. The first-order chi connectivity index (χ1) is 20.9. The number of isocyanates is 1. The van der Waals surface area contributed by atoms with Crippen LogP contribution in [0.5, 0.6) is 0 Å². The van der Waals surface area contributed by atoms with Crippen LogP contribution in [0.4, 0.5) is 5.69 Å². The van der Waals surface area contributed by atoms with Crippen LogP contribution in [-0.4, -0.2) is 50.7 Å². The summed E-state index contributed by atoms with van der Waals surface area (Å²) in [7, 11) is 1.35. The fourth-order valence-corrected chi connectivity index (χ4v) is 4.16. The quantitative estimate of drug-likeness (QED) is 0.108. The van der Waals surface area contributed by atoms with E-state index in [0.29, 0.717) is 43.9 Å². The number of pyridine rings is 3. The molecule has 10 nitrogen and oxygen atoms in total. The van der Waals surface area contributed by atoms with Crippen molar-refractivity contribution in [1.82, 2.24) is 15.0 Å². The minimum atomic E-state index is -0.970. The van der Waals surface area contributed by atoms with Crippen molar-refractivity contribution in [2.75, 3.05) is 7.11 Å². The Hall–Kier alpha value is -2.80. The number of methoxy groups -OCH3 is 1. The number of hydrogen-bond donors (Lipinski definition) is 1. The van der Waals surface area contributed by atoms with Crippen molar-refractivity contribution in [1.29, 1.82) is 0 Å². The van der Waals surface area contributed by atoms with Gasteiger partial charge < -0.3 is 15.3 Å². The number of halogens is 3. The van der Waals surface area contributed by atoms with E-state index in [1.165, 1.54) is 13.2 Å². The average molecular weight is 718 g/mol. The van der Waals surface area contributed by atoms with Gasteiger partial charge in [-0.05, 0) is 39.0 Å². The molecule has 0 saturated heterocycles. The monoisotopic (exact) mass is 716 g/mol. The molecule has 0 aromatic carbocycles. The normalized spacial score (nSPS) is 10.8. The van der Waals surface area contributed by atoms with E-state index in [1.807, 2.05) is 62.3 Å².